The number of aromatic nitrogens is 4. The Labute approximate surface area is 180 Å². The van der Waals surface area contributed by atoms with Crippen LogP contribution in [0.1, 0.15) is 35.4 Å². The molecule has 0 radical (unpaired) electrons. The second-order valence-corrected chi connectivity index (χ2v) is 7.73. The van der Waals surface area contributed by atoms with E-state index in [0.29, 0.717) is 37.2 Å². The van der Waals surface area contributed by atoms with Crippen LogP contribution >= 0.6 is 0 Å². The average Bonchev–Trinajstić information content (AvgIpc) is 3.43. The minimum atomic E-state index is -0.0651. The first-order chi connectivity index (χ1) is 15.1. The Morgan fingerprint density at radius 1 is 1.06 bits per heavy atom. The van der Waals surface area contributed by atoms with Gasteiger partial charge in [0.15, 0.2) is 5.69 Å². The molecule has 0 bridgehead atoms. The summed E-state index contributed by atoms with van der Waals surface area (Å²) in [6, 6.07) is 16.1. The highest BCUT2D eigenvalue weighted by molar-refractivity contribution is 5.59. The van der Waals surface area contributed by atoms with Crippen molar-refractivity contribution >= 4 is 0 Å². The molecule has 2 aromatic heterocycles. The van der Waals surface area contributed by atoms with Gasteiger partial charge >= 0.3 is 0 Å². The van der Waals surface area contributed by atoms with Gasteiger partial charge in [0.25, 0.3) is 5.89 Å². The summed E-state index contributed by atoms with van der Waals surface area (Å²) >= 11 is 0. The van der Waals surface area contributed by atoms with Crippen LogP contribution in [-0.2, 0) is 17.9 Å². The zero-order chi connectivity index (χ0) is 21.4. The van der Waals surface area contributed by atoms with Gasteiger partial charge in [0.05, 0.1) is 25.5 Å². The fourth-order valence-corrected chi connectivity index (χ4v) is 3.70. The summed E-state index contributed by atoms with van der Waals surface area (Å²) in [6.45, 7) is 7.89. The van der Waals surface area contributed by atoms with Crippen LogP contribution in [0.2, 0.25) is 0 Å². The van der Waals surface area contributed by atoms with E-state index in [9.17, 15) is 0 Å². The van der Waals surface area contributed by atoms with E-state index in [0.717, 1.165) is 22.6 Å². The number of ether oxygens (including phenoxy) is 2. The minimum Gasteiger partial charge on any atom is -0.494 e. The van der Waals surface area contributed by atoms with E-state index in [4.69, 9.17) is 19.1 Å². The summed E-state index contributed by atoms with van der Waals surface area (Å²) in [5.74, 6) is 1.83. The summed E-state index contributed by atoms with van der Waals surface area (Å²) in [4.78, 5) is 4.56. The quantitative estimate of drug-likeness (QED) is 0.461. The Hall–Kier alpha value is -3.45. The fourth-order valence-electron chi connectivity index (χ4n) is 3.70. The molecule has 0 spiro atoms. The molecule has 3 heterocycles. The van der Waals surface area contributed by atoms with Crippen LogP contribution in [0.5, 0.6) is 5.75 Å². The lowest BCUT2D eigenvalue weighted by molar-refractivity contribution is -0.00115. The van der Waals surface area contributed by atoms with Gasteiger partial charge < -0.3 is 14.0 Å². The molecule has 7 heteroatoms. The molecule has 0 fully saturated rings. The molecule has 0 saturated heterocycles. The fraction of sp³-hybridized carbons (Fsp3) is 0.292. The standard InChI is InChI=1S/C24H24N4O3/c1-4-29-20-9-7-17(8-10-20)22-13-28-19(14-30-22)12-21(26-28)24-25-23(27-31-24)18-6-5-15(2)16(3)11-18/h5-12,22H,4,13-14H2,1-3H3/t22-/m1/s1. The second-order valence-electron chi connectivity index (χ2n) is 7.73. The van der Waals surface area contributed by atoms with Crippen LogP contribution in [0.3, 0.4) is 0 Å². The summed E-state index contributed by atoms with van der Waals surface area (Å²) in [6.07, 6.45) is -0.0651. The predicted octanol–water partition coefficient (Wildman–Crippen LogP) is 4.89. The van der Waals surface area contributed by atoms with Crippen LogP contribution in [0.25, 0.3) is 23.0 Å². The molecule has 7 nitrogen and oxygen atoms in total. The molecule has 31 heavy (non-hydrogen) atoms. The Kier molecular flexibility index (Phi) is 5.03. The predicted molar refractivity (Wildman–Crippen MR) is 116 cm³/mol. The molecule has 1 aliphatic rings. The topological polar surface area (TPSA) is 75.2 Å². The van der Waals surface area contributed by atoms with Gasteiger partial charge in [-0.25, -0.2) is 0 Å². The van der Waals surface area contributed by atoms with Gasteiger partial charge in [0.1, 0.15) is 11.9 Å². The average molecular weight is 416 g/mol. The van der Waals surface area contributed by atoms with E-state index >= 15 is 0 Å². The summed E-state index contributed by atoms with van der Waals surface area (Å²) in [7, 11) is 0. The van der Waals surface area contributed by atoms with E-state index in [1.165, 1.54) is 11.1 Å². The molecule has 158 valence electrons. The van der Waals surface area contributed by atoms with Crippen molar-refractivity contribution in [1.29, 1.82) is 0 Å². The van der Waals surface area contributed by atoms with Crippen molar-refractivity contribution in [2.75, 3.05) is 6.61 Å². The summed E-state index contributed by atoms with van der Waals surface area (Å²) in [5.41, 5.74) is 6.11. The van der Waals surface area contributed by atoms with E-state index < -0.39 is 0 Å². The number of nitrogens with zero attached hydrogens (tertiary/aromatic N) is 4. The number of rotatable bonds is 5. The molecule has 0 aliphatic carbocycles. The van der Waals surface area contributed by atoms with E-state index in [2.05, 4.69) is 36.1 Å². The highest BCUT2D eigenvalue weighted by Gasteiger charge is 2.24. The summed E-state index contributed by atoms with van der Waals surface area (Å²) in [5, 5.41) is 8.85. The van der Waals surface area contributed by atoms with Crippen LogP contribution in [0.15, 0.2) is 53.1 Å². The van der Waals surface area contributed by atoms with Crippen LogP contribution in [0.4, 0.5) is 0 Å². The van der Waals surface area contributed by atoms with Crippen LogP contribution < -0.4 is 4.74 Å². The van der Waals surface area contributed by atoms with Crippen molar-refractivity contribution in [3.63, 3.8) is 0 Å². The molecule has 0 unspecified atom stereocenters. The van der Waals surface area contributed by atoms with Crippen molar-refractivity contribution in [1.82, 2.24) is 19.9 Å². The third-order valence-electron chi connectivity index (χ3n) is 5.61. The van der Waals surface area contributed by atoms with Gasteiger partial charge in [0, 0.05) is 5.56 Å². The van der Waals surface area contributed by atoms with Crippen molar-refractivity contribution in [3.05, 3.63) is 70.9 Å². The molecule has 1 aliphatic heterocycles. The first-order valence-electron chi connectivity index (χ1n) is 10.4. The molecule has 1 atom stereocenters. The number of aryl methyl sites for hydroxylation is 2. The first kappa shape index (κ1) is 19.5. The van der Waals surface area contributed by atoms with Crippen molar-refractivity contribution < 1.29 is 14.0 Å². The monoisotopic (exact) mass is 416 g/mol. The number of hydrogen-bond donors (Lipinski definition) is 0. The lowest BCUT2D eigenvalue weighted by atomic mass is 10.1. The van der Waals surface area contributed by atoms with Gasteiger partial charge in [-0.1, -0.05) is 29.4 Å². The lowest BCUT2D eigenvalue weighted by Gasteiger charge is -2.24. The first-order valence-corrected chi connectivity index (χ1v) is 10.4. The third-order valence-corrected chi connectivity index (χ3v) is 5.61. The van der Waals surface area contributed by atoms with Crippen LogP contribution in [-0.4, -0.2) is 26.5 Å². The van der Waals surface area contributed by atoms with E-state index in [1.807, 2.05) is 48.0 Å². The molecule has 4 aromatic rings. The Morgan fingerprint density at radius 3 is 2.68 bits per heavy atom. The molecular weight excluding hydrogens is 392 g/mol. The molecule has 0 saturated carbocycles. The number of benzene rings is 2. The Balaban J connectivity index is 1.35. The van der Waals surface area contributed by atoms with Gasteiger partial charge in [0.2, 0.25) is 5.82 Å². The van der Waals surface area contributed by atoms with Crippen molar-refractivity contribution in [2.24, 2.45) is 0 Å². The largest absolute Gasteiger partial charge is 0.494 e. The van der Waals surface area contributed by atoms with E-state index in [-0.39, 0.29) is 6.10 Å². The maximum Gasteiger partial charge on any atom is 0.278 e. The molecule has 0 N–H and O–H groups in total. The van der Waals surface area contributed by atoms with Crippen molar-refractivity contribution in [3.8, 4) is 28.7 Å². The van der Waals surface area contributed by atoms with Gasteiger partial charge in [-0.3, -0.25) is 4.68 Å². The number of fused-ring (bicyclic) bond motifs is 1. The molecular formula is C24H24N4O3. The maximum atomic E-state index is 6.07. The summed E-state index contributed by atoms with van der Waals surface area (Å²) < 4.78 is 19.1. The van der Waals surface area contributed by atoms with Gasteiger partial charge in [-0.2, -0.15) is 10.1 Å². The molecule has 2 aromatic carbocycles. The maximum absolute atomic E-state index is 6.07. The molecule has 5 rings (SSSR count). The second kappa shape index (κ2) is 8.00. The highest BCUT2D eigenvalue weighted by Crippen LogP contribution is 2.30. The SMILES string of the molecule is CCOc1ccc([C@H]2Cn3nc(-c4nc(-c5ccc(C)c(C)c5)no4)cc3CO2)cc1. The van der Waals surface area contributed by atoms with E-state index in [1.54, 1.807) is 0 Å². The smallest absolute Gasteiger partial charge is 0.278 e. The van der Waals surface area contributed by atoms with Gasteiger partial charge in [-0.15, -0.1) is 0 Å². The lowest BCUT2D eigenvalue weighted by Crippen LogP contribution is -2.21. The normalized spacial score (nSPS) is 15.6. The third kappa shape index (κ3) is 3.84. The molecule has 0 amide bonds. The van der Waals surface area contributed by atoms with Crippen LogP contribution in [0, 0.1) is 13.8 Å². The minimum absolute atomic E-state index is 0.0651. The highest BCUT2D eigenvalue weighted by atomic mass is 16.5. The zero-order valence-electron chi connectivity index (χ0n) is 17.8. The Bertz CT molecular complexity index is 1210. The number of hydrogen-bond acceptors (Lipinski definition) is 6. The Morgan fingerprint density at radius 2 is 1.90 bits per heavy atom. The van der Waals surface area contributed by atoms with Crippen molar-refractivity contribution in [2.45, 2.75) is 40.0 Å². The van der Waals surface area contributed by atoms with Gasteiger partial charge in [-0.05, 0) is 61.7 Å². The zero-order valence-corrected chi connectivity index (χ0v) is 17.8.